The van der Waals surface area contributed by atoms with Crippen LogP contribution in [0.2, 0.25) is 0 Å². The summed E-state index contributed by atoms with van der Waals surface area (Å²) in [6.07, 6.45) is -4.52. The lowest BCUT2D eigenvalue weighted by molar-refractivity contribution is -0.137. The lowest BCUT2D eigenvalue weighted by atomic mass is 10.1. The van der Waals surface area contributed by atoms with Gasteiger partial charge in [0, 0.05) is 12.3 Å². The van der Waals surface area contributed by atoms with Gasteiger partial charge >= 0.3 is 6.18 Å². The van der Waals surface area contributed by atoms with E-state index < -0.39 is 21.6 Å². The number of halogens is 3. The number of rotatable bonds is 5. The van der Waals surface area contributed by atoms with Crippen LogP contribution in [0.3, 0.4) is 0 Å². The van der Waals surface area contributed by atoms with Crippen LogP contribution in [0.5, 0.6) is 0 Å². The fraction of sp³-hybridized carbons (Fsp3) is 0.417. The van der Waals surface area contributed by atoms with Crippen LogP contribution in [0.25, 0.3) is 0 Å². The number of hydrogen-bond donors (Lipinski definition) is 1. The van der Waals surface area contributed by atoms with E-state index >= 15 is 0 Å². The molecule has 0 unspecified atom stereocenters. The zero-order chi connectivity index (χ0) is 15.4. The summed E-state index contributed by atoms with van der Waals surface area (Å²) < 4.78 is 60.0. The van der Waals surface area contributed by atoms with Gasteiger partial charge in [0.15, 0.2) is 9.84 Å². The summed E-state index contributed by atoms with van der Waals surface area (Å²) in [5, 5.41) is 11.5. The van der Waals surface area contributed by atoms with Crippen molar-refractivity contribution in [3.63, 3.8) is 0 Å². The van der Waals surface area contributed by atoms with E-state index in [1.807, 2.05) is 0 Å². The molecule has 0 aliphatic rings. The highest BCUT2D eigenvalue weighted by atomic mass is 32.2. The van der Waals surface area contributed by atoms with Gasteiger partial charge in [0.2, 0.25) is 0 Å². The molecule has 0 saturated carbocycles. The Morgan fingerprint density at radius 3 is 2.50 bits per heavy atom. The van der Waals surface area contributed by atoms with Crippen LogP contribution in [0, 0.1) is 11.3 Å². The van der Waals surface area contributed by atoms with Gasteiger partial charge in [-0.15, -0.1) is 0 Å². The molecule has 0 fully saturated rings. The highest BCUT2D eigenvalue weighted by Crippen LogP contribution is 2.31. The minimum Gasteiger partial charge on any atom is -0.383 e. The molecule has 0 amide bonds. The number of alkyl halides is 3. The van der Waals surface area contributed by atoms with Crippen LogP contribution in [0.15, 0.2) is 18.2 Å². The number of anilines is 1. The molecule has 0 aromatic heterocycles. The quantitative estimate of drug-likeness (QED) is 0.907. The molecule has 0 radical (unpaired) electrons. The van der Waals surface area contributed by atoms with Crippen molar-refractivity contribution in [1.82, 2.24) is 0 Å². The maximum atomic E-state index is 12.5. The van der Waals surface area contributed by atoms with Crippen molar-refractivity contribution in [1.29, 1.82) is 5.26 Å². The maximum absolute atomic E-state index is 12.5. The van der Waals surface area contributed by atoms with Gasteiger partial charge < -0.3 is 5.32 Å². The molecule has 0 spiro atoms. The second-order valence-corrected chi connectivity index (χ2v) is 6.51. The van der Waals surface area contributed by atoms with Crippen molar-refractivity contribution in [3.8, 4) is 6.07 Å². The normalized spacial score (nSPS) is 11.9. The third-order valence-corrected chi connectivity index (χ3v) is 4.34. The van der Waals surface area contributed by atoms with Crippen LogP contribution in [-0.2, 0) is 16.0 Å². The molecule has 0 heterocycles. The largest absolute Gasteiger partial charge is 0.416 e. The minimum atomic E-state index is -4.52. The Morgan fingerprint density at radius 1 is 1.35 bits per heavy atom. The molecular weight excluding hydrogens is 293 g/mol. The molecule has 0 aliphatic heterocycles. The van der Waals surface area contributed by atoms with E-state index in [2.05, 4.69) is 5.32 Å². The molecule has 1 aromatic carbocycles. The Kier molecular flexibility index (Phi) is 5.00. The van der Waals surface area contributed by atoms with Gasteiger partial charge in [-0.3, -0.25) is 0 Å². The Bertz CT molecular complexity index is 619. The third-order valence-electron chi connectivity index (χ3n) is 2.64. The molecule has 1 aromatic rings. The van der Waals surface area contributed by atoms with Gasteiger partial charge in [-0.1, -0.05) is 6.92 Å². The van der Waals surface area contributed by atoms with Gasteiger partial charge in [-0.05, 0) is 18.2 Å². The van der Waals surface area contributed by atoms with E-state index in [1.54, 1.807) is 6.07 Å². The van der Waals surface area contributed by atoms with Crippen molar-refractivity contribution in [2.75, 3.05) is 23.4 Å². The van der Waals surface area contributed by atoms with E-state index in [0.717, 1.165) is 18.2 Å². The monoisotopic (exact) mass is 306 g/mol. The van der Waals surface area contributed by atoms with Crippen LogP contribution in [-0.4, -0.2) is 26.5 Å². The van der Waals surface area contributed by atoms with Crippen LogP contribution >= 0.6 is 0 Å². The predicted molar refractivity (Wildman–Crippen MR) is 69.0 cm³/mol. The average Bonchev–Trinajstić information content (AvgIpc) is 2.37. The van der Waals surface area contributed by atoms with Crippen LogP contribution < -0.4 is 5.32 Å². The Hall–Kier alpha value is -1.75. The van der Waals surface area contributed by atoms with E-state index in [-0.39, 0.29) is 29.3 Å². The molecule has 4 nitrogen and oxygen atoms in total. The molecular formula is C12H13F3N2O2S. The van der Waals surface area contributed by atoms with E-state index in [4.69, 9.17) is 5.26 Å². The first-order chi connectivity index (χ1) is 9.19. The summed E-state index contributed by atoms with van der Waals surface area (Å²) >= 11 is 0. The second kappa shape index (κ2) is 6.13. The molecule has 0 saturated heterocycles. The van der Waals surface area contributed by atoms with Crippen molar-refractivity contribution < 1.29 is 21.6 Å². The van der Waals surface area contributed by atoms with Crippen molar-refractivity contribution >= 4 is 15.5 Å². The summed E-state index contributed by atoms with van der Waals surface area (Å²) in [5.41, 5.74) is -0.902. The second-order valence-electron chi connectivity index (χ2n) is 4.03. The summed E-state index contributed by atoms with van der Waals surface area (Å²) in [6, 6.07) is 4.36. The molecule has 110 valence electrons. The fourth-order valence-electron chi connectivity index (χ4n) is 1.45. The topological polar surface area (TPSA) is 70.0 Å². The van der Waals surface area contributed by atoms with E-state index in [9.17, 15) is 21.6 Å². The van der Waals surface area contributed by atoms with Crippen molar-refractivity contribution in [2.45, 2.75) is 13.1 Å². The van der Waals surface area contributed by atoms with Gasteiger partial charge in [0.25, 0.3) is 0 Å². The molecule has 1 rings (SSSR count). The first-order valence-corrected chi connectivity index (χ1v) is 7.57. The Balaban J connectivity index is 2.85. The Morgan fingerprint density at radius 2 is 2.00 bits per heavy atom. The zero-order valence-corrected chi connectivity index (χ0v) is 11.5. The highest BCUT2D eigenvalue weighted by molar-refractivity contribution is 7.91. The predicted octanol–water partition coefficient (Wildman–Crippen LogP) is 2.42. The van der Waals surface area contributed by atoms with Gasteiger partial charge in [-0.25, -0.2) is 8.42 Å². The zero-order valence-electron chi connectivity index (χ0n) is 10.7. The summed E-state index contributed by atoms with van der Waals surface area (Å²) in [7, 11) is -3.17. The van der Waals surface area contributed by atoms with E-state index in [0.29, 0.717) is 0 Å². The lowest BCUT2D eigenvalue weighted by Gasteiger charge is -2.11. The SMILES string of the molecule is CCS(=O)(=O)CCNc1ccc(C(F)(F)F)cc1C#N. The first-order valence-electron chi connectivity index (χ1n) is 5.75. The summed E-state index contributed by atoms with van der Waals surface area (Å²) in [5.74, 6) is -0.151. The average molecular weight is 306 g/mol. The molecule has 0 aliphatic carbocycles. The number of sulfone groups is 1. The molecule has 1 N–H and O–H groups in total. The van der Waals surface area contributed by atoms with Gasteiger partial charge in [0.1, 0.15) is 6.07 Å². The third kappa shape index (κ3) is 4.42. The standard InChI is InChI=1S/C12H13F3N2O2S/c1-2-20(18,19)6-5-17-11-4-3-10(12(13,14)15)7-9(11)8-16/h3-4,7,17H,2,5-6H2,1H3. The lowest BCUT2D eigenvalue weighted by Crippen LogP contribution is -2.17. The number of benzene rings is 1. The van der Waals surface area contributed by atoms with E-state index in [1.165, 1.54) is 6.92 Å². The molecule has 8 heteroatoms. The summed E-state index contributed by atoms with van der Waals surface area (Å²) in [6.45, 7) is 1.55. The van der Waals surface area contributed by atoms with Crippen molar-refractivity contribution in [3.05, 3.63) is 29.3 Å². The van der Waals surface area contributed by atoms with Gasteiger partial charge in [-0.2, -0.15) is 18.4 Å². The van der Waals surface area contributed by atoms with Crippen LogP contribution in [0.4, 0.5) is 18.9 Å². The number of nitrogens with one attached hydrogen (secondary N) is 1. The van der Waals surface area contributed by atoms with Crippen molar-refractivity contribution in [2.24, 2.45) is 0 Å². The molecule has 0 bridgehead atoms. The Labute approximate surface area is 115 Å². The number of nitriles is 1. The molecule has 20 heavy (non-hydrogen) atoms. The fourth-order valence-corrected chi connectivity index (χ4v) is 2.15. The van der Waals surface area contributed by atoms with Crippen LogP contribution in [0.1, 0.15) is 18.1 Å². The maximum Gasteiger partial charge on any atom is 0.416 e. The van der Waals surface area contributed by atoms with Gasteiger partial charge in [0.05, 0.1) is 22.6 Å². The minimum absolute atomic E-state index is 0.00714. The molecule has 0 atom stereocenters. The number of nitrogens with zero attached hydrogens (tertiary/aromatic N) is 1. The number of hydrogen-bond acceptors (Lipinski definition) is 4. The smallest absolute Gasteiger partial charge is 0.383 e. The summed E-state index contributed by atoms with van der Waals surface area (Å²) in [4.78, 5) is 0. The highest BCUT2D eigenvalue weighted by Gasteiger charge is 2.31. The first kappa shape index (κ1) is 16.3.